The predicted molar refractivity (Wildman–Crippen MR) is 62.7 cm³/mol. The van der Waals surface area contributed by atoms with Gasteiger partial charge in [0.1, 0.15) is 5.82 Å². The summed E-state index contributed by atoms with van der Waals surface area (Å²) in [5, 5.41) is -0.118. The van der Waals surface area contributed by atoms with Gasteiger partial charge in [0.25, 0.3) is 0 Å². The lowest BCUT2D eigenvalue weighted by molar-refractivity contribution is 0.594. The molecule has 0 aromatic heterocycles. The summed E-state index contributed by atoms with van der Waals surface area (Å²) in [7, 11) is -2.10. The van der Waals surface area contributed by atoms with Gasteiger partial charge in [-0.3, -0.25) is 4.31 Å². The SMILES string of the molecule is CN(c1ccc(F)c(Cl)c1)S(=O)(=O)CCN. The lowest BCUT2D eigenvalue weighted by Crippen LogP contribution is -2.31. The van der Waals surface area contributed by atoms with Crippen molar-refractivity contribution in [2.75, 3.05) is 23.7 Å². The van der Waals surface area contributed by atoms with Crippen LogP contribution in [0, 0.1) is 5.82 Å². The zero-order valence-corrected chi connectivity index (χ0v) is 10.2. The minimum absolute atomic E-state index is 0.0294. The van der Waals surface area contributed by atoms with E-state index in [0.717, 1.165) is 10.4 Å². The number of sulfonamides is 1. The second-order valence-electron chi connectivity index (χ2n) is 3.17. The molecule has 0 amide bonds. The Morgan fingerprint density at radius 1 is 1.50 bits per heavy atom. The van der Waals surface area contributed by atoms with Gasteiger partial charge in [-0.2, -0.15) is 0 Å². The van der Waals surface area contributed by atoms with Crippen molar-refractivity contribution in [3.63, 3.8) is 0 Å². The standard InChI is InChI=1S/C9H12ClFN2O2S/c1-13(16(14,15)5-4-12)7-2-3-9(11)8(10)6-7/h2-3,6H,4-5,12H2,1H3. The van der Waals surface area contributed by atoms with Crippen LogP contribution in [0.1, 0.15) is 0 Å². The summed E-state index contributed by atoms with van der Waals surface area (Å²) in [6, 6.07) is 3.71. The molecular formula is C9H12ClFN2O2S. The first-order valence-electron chi connectivity index (χ1n) is 4.50. The molecule has 1 rings (SSSR count). The topological polar surface area (TPSA) is 63.4 Å². The van der Waals surface area contributed by atoms with Gasteiger partial charge in [-0.15, -0.1) is 0 Å². The third kappa shape index (κ3) is 2.84. The van der Waals surface area contributed by atoms with E-state index in [1.165, 1.54) is 19.2 Å². The molecule has 2 N–H and O–H groups in total. The highest BCUT2D eigenvalue weighted by Gasteiger charge is 2.18. The molecule has 0 saturated carbocycles. The van der Waals surface area contributed by atoms with Crippen molar-refractivity contribution in [2.45, 2.75) is 0 Å². The van der Waals surface area contributed by atoms with Crippen LogP contribution in [0.5, 0.6) is 0 Å². The van der Waals surface area contributed by atoms with Gasteiger partial charge in [-0.1, -0.05) is 11.6 Å². The summed E-state index contributed by atoms with van der Waals surface area (Å²) < 4.78 is 37.2. The van der Waals surface area contributed by atoms with E-state index in [2.05, 4.69) is 0 Å². The Balaban J connectivity index is 3.05. The largest absolute Gasteiger partial charge is 0.329 e. The van der Waals surface area contributed by atoms with Gasteiger partial charge >= 0.3 is 0 Å². The number of halogens is 2. The van der Waals surface area contributed by atoms with Crippen molar-refractivity contribution in [1.29, 1.82) is 0 Å². The van der Waals surface area contributed by atoms with Crippen molar-refractivity contribution < 1.29 is 12.8 Å². The number of nitrogens with zero attached hydrogens (tertiary/aromatic N) is 1. The average molecular weight is 267 g/mol. The summed E-state index contributed by atoms with van der Waals surface area (Å²) in [4.78, 5) is 0. The molecule has 16 heavy (non-hydrogen) atoms. The summed E-state index contributed by atoms with van der Waals surface area (Å²) in [5.74, 6) is -0.756. The maximum absolute atomic E-state index is 12.9. The monoisotopic (exact) mass is 266 g/mol. The Kier molecular flexibility index (Phi) is 4.12. The van der Waals surface area contributed by atoms with E-state index in [9.17, 15) is 12.8 Å². The Labute approximate surface area is 98.9 Å². The van der Waals surface area contributed by atoms with Crippen LogP contribution in [0.3, 0.4) is 0 Å². The second-order valence-corrected chi connectivity index (χ2v) is 5.70. The number of anilines is 1. The molecular weight excluding hydrogens is 255 g/mol. The minimum atomic E-state index is -3.47. The highest BCUT2D eigenvalue weighted by molar-refractivity contribution is 7.92. The number of hydrogen-bond acceptors (Lipinski definition) is 3. The van der Waals surface area contributed by atoms with E-state index >= 15 is 0 Å². The fraction of sp³-hybridized carbons (Fsp3) is 0.333. The number of hydrogen-bond donors (Lipinski definition) is 1. The van der Waals surface area contributed by atoms with E-state index in [1.807, 2.05) is 0 Å². The van der Waals surface area contributed by atoms with Crippen LogP contribution in [0.25, 0.3) is 0 Å². The fourth-order valence-electron chi connectivity index (χ4n) is 1.13. The van der Waals surface area contributed by atoms with E-state index in [0.29, 0.717) is 5.69 Å². The number of rotatable bonds is 4. The summed E-state index contributed by atoms with van der Waals surface area (Å²) >= 11 is 5.56. The first-order valence-corrected chi connectivity index (χ1v) is 6.49. The Morgan fingerprint density at radius 2 is 2.12 bits per heavy atom. The van der Waals surface area contributed by atoms with E-state index in [-0.39, 0.29) is 17.3 Å². The van der Waals surface area contributed by atoms with Crippen molar-refractivity contribution >= 4 is 27.3 Å². The molecule has 90 valence electrons. The van der Waals surface area contributed by atoms with Gasteiger partial charge in [0, 0.05) is 13.6 Å². The molecule has 0 atom stereocenters. The van der Waals surface area contributed by atoms with Crippen molar-refractivity contribution in [3.8, 4) is 0 Å². The predicted octanol–water partition coefficient (Wildman–Crippen LogP) is 1.20. The molecule has 7 heteroatoms. The van der Waals surface area contributed by atoms with Gasteiger partial charge in [0.2, 0.25) is 10.0 Å². The minimum Gasteiger partial charge on any atom is -0.329 e. The van der Waals surface area contributed by atoms with E-state index < -0.39 is 15.8 Å². The second kappa shape index (κ2) is 4.99. The molecule has 0 heterocycles. The Hall–Kier alpha value is -0.850. The van der Waals surface area contributed by atoms with Crippen LogP contribution in [0.4, 0.5) is 10.1 Å². The normalized spacial score (nSPS) is 11.5. The number of benzene rings is 1. The highest BCUT2D eigenvalue weighted by Crippen LogP contribution is 2.23. The number of nitrogens with two attached hydrogens (primary N) is 1. The van der Waals surface area contributed by atoms with Crippen LogP contribution in [-0.4, -0.2) is 27.8 Å². The van der Waals surface area contributed by atoms with Crippen LogP contribution in [0.2, 0.25) is 5.02 Å². The molecule has 1 aromatic rings. The molecule has 0 unspecified atom stereocenters. The summed E-state index contributed by atoms with van der Waals surface area (Å²) in [6.07, 6.45) is 0. The van der Waals surface area contributed by atoms with E-state index in [4.69, 9.17) is 17.3 Å². The van der Waals surface area contributed by atoms with Crippen LogP contribution in [0.15, 0.2) is 18.2 Å². The summed E-state index contributed by atoms with van der Waals surface area (Å²) in [6.45, 7) is 0.0294. The maximum Gasteiger partial charge on any atom is 0.236 e. The van der Waals surface area contributed by atoms with Gasteiger partial charge in [-0.05, 0) is 18.2 Å². The molecule has 0 fully saturated rings. The molecule has 0 saturated heterocycles. The molecule has 0 radical (unpaired) electrons. The first kappa shape index (κ1) is 13.2. The van der Waals surface area contributed by atoms with Gasteiger partial charge < -0.3 is 5.73 Å². The molecule has 0 aliphatic carbocycles. The zero-order chi connectivity index (χ0) is 12.3. The third-order valence-corrected chi connectivity index (χ3v) is 4.15. The van der Waals surface area contributed by atoms with Crippen molar-refractivity contribution in [2.24, 2.45) is 5.73 Å². The van der Waals surface area contributed by atoms with Crippen LogP contribution >= 0.6 is 11.6 Å². The summed E-state index contributed by atoms with van der Waals surface area (Å²) in [5.41, 5.74) is 5.50. The van der Waals surface area contributed by atoms with Crippen LogP contribution in [-0.2, 0) is 10.0 Å². The van der Waals surface area contributed by atoms with Crippen molar-refractivity contribution in [1.82, 2.24) is 0 Å². The maximum atomic E-state index is 12.9. The lowest BCUT2D eigenvalue weighted by Gasteiger charge is -2.19. The quantitative estimate of drug-likeness (QED) is 0.891. The molecule has 0 spiro atoms. The average Bonchev–Trinajstić information content (AvgIpc) is 2.21. The molecule has 1 aromatic carbocycles. The fourth-order valence-corrected chi connectivity index (χ4v) is 2.31. The first-order chi connectivity index (χ1) is 7.38. The van der Waals surface area contributed by atoms with Gasteiger partial charge in [-0.25, -0.2) is 12.8 Å². The molecule has 0 aliphatic heterocycles. The zero-order valence-electron chi connectivity index (χ0n) is 8.65. The van der Waals surface area contributed by atoms with E-state index in [1.54, 1.807) is 0 Å². The third-order valence-electron chi connectivity index (χ3n) is 2.06. The molecule has 0 aliphatic rings. The van der Waals surface area contributed by atoms with Crippen molar-refractivity contribution in [3.05, 3.63) is 29.0 Å². The highest BCUT2D eigenvalue weighted by atomic mass is 35.5. The van der Waals surface area contributed by atoms with Crippen LogP contribution < -0.4 is 10.0 Å². The molecule has 0 bridgehead atoms. The van der Waals surface area contributed by atoms with Gasteiger partial charge in [0.05, 0.1) is 16.5 Å². The Bertz CT molecular complexity index is 478. The smallest absolute Gasteiger partial charge is 0.236 e. The van der Waals surface area contributed by atoms with Gasteiger partial charge in [0.15, 0.2) is 0 Å². The Morgan fingerprint density at radius 3 is 2.62 bits per heavy atom. The molecule has 4 nitrogen and oxygen atoms in total. The lowest BCUT2D eigenvalue weighted by atomic mass is 10.3.